The number of nitrogens with two attached hydrogens (primary N) is 1. The minimum Gasteiger partial charge on any atom is -0.463 e. The zero-order valence-electron chi connectivity index (χ0n) is 17.4. The SMILES string of the molecule is CCCCOc1nc(N)c2[nH]c(=O)n(C(CCCCN3CCC3)N3CCC3)c2n1. The molecule has 4 heterocycles. The molecule has 2 aromatic heterocycles. The van der Waals surface area contributed by atoms with Gasteiger partial charge in [0.1, 0.15) is 5.52 Å². The van der Waals surface area contributed by atoms with Crippen molar-refractivity contribution in [3.05, 3.63) is 10.5 Å². The lowest BCUT2D eigenvalue weighted by molar-refractivity contribution is 0.0627. The van der Waals surface area contributed by atoms with E-state index in [2.05, 4.69) is 31.7 Å². The van der Waals surface area contributed by atoms with E-state index in [-0.39, 0.29) is 23.7 Å². The predicted octanol–water partition coefficient (Wildman–Crippen LogP) is 1.96. The number of unbranched alkanes of at least 4 members (excludes halogenated alkanes) is 2. The summed E-state index contributed by atoms with van der Waals surface area (Å²) in [5.41, 5.74) is 6.99. The molecule has 0 radical (unpaired) electrons. The summed E-state index contributed by atoms with van der Waals surface area (Å²) in [4.78, 5) is 29.3. The number of hydrogen-bond donors (Lipinski definition) is 2. The number of nitrogens with one attached hydrogen (secondary N) is 1. The fourth-order valence-electron chi connectivity index (χ4n) is 4.03. The highest BCUT2D eigenvalue weighted by molar-refractivity contribution is 5.82. The zero-order chi connectivity index (χ0) is 20.2. The van der Waals surface area contributed by atoms with Gasteiger partial charge in [0, 0.05) is 13.1 Å². The lowest BCUT2D eigenvalue weighted by atomic mass is 10.1. The number of ether oxygens (including phenoxy) is 1. The third-order valence-corrected chi connectivity index (χ3v) is 6.05. The van der Waals surface area contributed by atoms with Crippen LogP contribution in [-0.4, -0.2) is 68.6 Å². The van der Waals surface area contributed by atoms with Gasteiger partial charge in [-0.25, -0.2) is 4.79 Å². The summed E-state index contributed by atoms with van der Waals surface area (Å²) >= 11 is 0. The van der Waals surface area contributed by atoms with E-state index in [1.165, 1.54) is 25.9 Å². The van der Waals surface area contributed by atoms with Crippen LogP contribution < -0.4 is 16.2 Å². The fraction of sp³-hybridized carbons (Fsp3) is 0.750. The molecule has 160 valence electrons. The molecule has 0 aromatic carbocycles. The number of nitrogens with zero attached hydrogens (tertiary/aromatic N) is 5. The second-order valence-corrected chi connectivity index (χ2v) is 8.15. The maximum Gasteiger partial charge on any atom is 0.329 e. The number of imidazole rings is 1. The molecule has 2 aliphatic heterocycles. The molecular weight excluding hydrogens is 370 g/mol. The Labute approximate surface area is 171 Å². The summed E-state index contributed by atoms with van der Waals surface area (Å²) in [7, 11) is 0. The van der Waals surface area contributed by atoms with Gasteiger partial charge in [0.05, 0.1) is 12.8 Å². The summed E-state index contributed by atoms with van der Waals surface area (Å²) in [6.45, 7) is 8.28. The third kappa shape index (κ3) is 4.40. The van der Waals surface area contributed by atoms with Gasteiger partial charge in [0.25, 0.3) is 0 Å². The van der Waals surface area contributed by atoms with Crippen molar-refractivity contribution in [2.24, 2.45) is 0 Å². The van der Waals surface area contributed by atoms with Gasteiger partial charge < -0.3 is 20.4 Å². The zero-order valence-corrected chi connectivity index (χ0v) is 17.4. The van der Waals surface area contributed by atoms with Crippen LogP contribution in [0.2, 0.25) is 0 Å². The van der Waals surface area contributed by atoms with E-state index in [4.69, 9.17) is 10.5 Å². The number of rotatable bonds is 11. The molecule has 0 saturated carbocycles. The molecule has 9 nitrogen and oxygen atoms in total. The van der Waals surface area contributed by atoms with Crippen molar-refractivity contribution < 1.29 is 4.74 Å². The Balaban J connectivity index is 1.55. The molecule has 0 bridgehead atoms. The summed E-state index contributed by atoms with van der Waals surface area (Å²) < 4.78 is 7.44. The molecule has 0 amide bonds. The molecular formula is C20H33N7O2. The van der Waals surface area contributed by atoms with Crippen LogP contribution >= 0.6 is 0 Å². The molecule has 29 heavy (non-hydrogen) atoms. The van der Waals surface area contributed by atoms with Crippen molar-refractivity contribution in [1.82, 2.24) is 29.3 Å². The number of H-pyrrole nitrogens is 1. The van der Waals surface area contributed by atoms with Gasteiger partial charge in [-0.05, 0) is 58.2 Å². The standard InChI is InChI=1S/C20H33N7O2/c1-2-3-14-29-19-23-17(21)16-18(24-19)27(20(28)22-16)15(26-12-7-13-26)8-4-5-9-25-10-6-11-25/h15H,2-14H2,1H3,(H,22,28)(H2,21,23,24). The van der Waals surface area contributed by atoms with E-state index in [9.17, 15) is 4.79 Å². The number of hydrogen-bond acceptors (Lipinski definition) is 7. The van der Waals surface area contributed by atoms with Crippen molar-refractivity contribution >= 4 is 17.0 Å². The summed E-state index contributed by atoms with van der Waals surface area (Å²) in [5.74, 6) is 0.262. The van der Waals surface area contributed by atoms with Crippen molar-refractivity contribution in [2.45, 2.75) is 58.0 Å². The monoisotopic (exact) mass is 403 g/mol. The molecule has 3 N–H and O–H groups in total. The van der Waals surface area contributed by atoms with Gasteiger partial charge in [0.15, 0.2) is 11.5 Å². The molecule has 2 saturated heterocycles. The maximum absolute atomic E-state index is 12.9. The fourth-order valence-corrected chi connectivity index (χ4v) is 4.03. The topological polar surface area (TPSA) is 105 Å². The smallest absolute Gasteiger partial charge is 0.329 e. The van der Waals surface area contributed by atoms with E-state index in [0.717, 1.165) is 51.7 Å². The molecule has 0 spiro atoms. The minimum absolute atomic E-state index is 0.000757. The first-order valence-electron chi connectivity index (χ1n) is 11.0. The summed E-state index contributed by atoms with van der Waals surface area (Å²) in [5, 5.41) is 0. The normalized spacial score (nSPS) is 18.5. The number of nitrogen functional groups attached to an aromatic ring is 1. The largest absolute Gasteiger partial charge is 0.463 e. The predicted molar refractivity (Wildman–Crippen MR) is 113 cm³/mol. The molecule has 2 aliphatic rings. The van der Waals surface area contributed by atoms with Gasteiger partial charge in [0.2, 0.25) is 0 Å². The van der Waals surface area contributed by atoms with E-state index in [1.807, 2.05) is 0 Å². The van der Waals surface area contributed by atoms with Crippen LogP contribution in [0, 0.1) is 0 Å². The van der Waals surface area contributed by atoms with E-state index in [1.54, 1.807) is 4.57 Å². The summed E-state index contributed by atoms with van der Waals surface area (Å²) in [6.07, 6.45) is 7.61. The van der Waals surface area contributed by atoms with Crippen LogP contribution in [0.3, 0.4) is 0 Å². The van der Waals surface area contributed by atoms with E-state index in [0.29, 0.717) is 17.8 Å². The molecule has 1 unspecified atom stereocenters. The van der Waals surface area contributed by atoms with Crippen LogP contribution in [-0.2, 0) is 0 Å². The molecule has 2 aromatic rings. The highest BCUT2D eigenvalue weighted by Crippen LogP contribution is 2.28. The summed E-state index contributed by atoms with van der Waals surface area (Å²) in [6, 6.07) is 0.247. The number of anilines is 1. The number of fused-ring (bicyclic) bond motifs is 1. The van der Waals surface area contributed by atoms with Gasteiger partial charge in [-0.15, -0.1) is 0 Å². The first-order chi connectivity index (χ1) is 14.2. The van der Waals surface area contributed by atoms with Crippen LogP contribution in [0.1, 0.15) is 58.0 Å². The van der Waals surface area contributed by atoms with Crippen LogP contribution in [0.15, 0.2) is 4.79 Å². The van der Waals surface area contributed by atoms with E-state index >= 15 is 0 Å². The lowest BCUT2D eigenvalue weighted by Crippen LogP contribution is -2.45. The average Bonchev–Trinajstić information content (AvgIpc) is 2.94. The van der Waals surface area contributed by atoms with Crippen molar-refractivity contribution in [2.75, 3.05) is 45.1 Å². The number of likely N-dealkylation sites (tertiary alicyclic amines) is 2. The third-order valence-electron chi connectivity index (χ3n) is 6.05. The van der Waals surface area contributed by atoms with Gasteiger partial charge in [-0.1, -0.05) is 13.3 Å². The Kier molecular flexibility index (Phi) is 6.34. The Morgan fingerprint density at radius 3 is 2.59 bits per heavy atom. The van der Waals surface area contributed by atoms with Gasteiger partial charge >= 0.3 is 11.7 Å². The molecule has 0 aliphatic carbocycles. The van der Waals surface area contributed by atoms with Crippen LogP contribution in [0.4, 0.5) is 5.82 Å². The number of aromatic amines is 1. The lowest BCUT2D eigenvalue weighted by Gasteiger charge is -2.39. The maximum atomic E-state index is 12.9. The molecule has 9 heteroatoms. The quantitative estimate of drug-likeness (QED) is 0.553. The van der Waals surface area contributed by atoms with Crippen molar-refractivity contribution in [3.63, 3.8) is 0 Å². The Hall–Kier alpha value is -2.13. The second-order valence-electron chi connectivity index (χ2n) is 8.15. The van der Waals surface area contributed by atoms with Gasteiger partial charge in [-0.3, -0.25) is 9.47 Å². The minimum atomic E-state index is -0.175. The first kappa shape index (κ1) is 20.2. The van der Waals surface area contributed by atoms with Gasteiger partial charge in [-0.2, -0.15) is 9.97 Å². The van der Waals surface area contributed by atoms with Crippen LogP contribution in [0.5, 0.6) is 6.01 Å². The average molecular weight is 404 g/mol. The highest BCUT2D eigenvalue weighted by atomic mass is 16.5. The van der Waals surface area contributed by atoms with Crippen LogP contribution in [0.25, 0.3) is 11.2 Å². The van der Waals surface area contributed by atoms with Crippen molar-refractivity contribution in [1.29, 1.82) is 0 Å². The highest BCUT2D eigenvalue weighted by Gasteiger charge is 2.29. The Morgan fingerprint density at radius 2 is 1.93 bits per heavy atom. The Bertz CT molecular complexity index is 870. The molecule has 2 fully saturated rings. The second kappa shape index (κ2) is 9.13. The van der Waals surface area contributed by atoms with Crippen molar-refractivity contribution in [3.8, 4) is 6.01 Å². The molecule has 1 atom stereocenters. The number of aromatic nitrogens is 4. The van der Waals surface area contributed by atoms with E-state index < -0.39 is 0 Å². The first-order valence-corrected chi connectivity index (χ1v) is 11.0. The Morgan fingerprint density at radius 1 is 1.14 bits per heavy atom. The molecule has 4 rings (SSSR count).